The van der Waals surface area contributed by atoms with E-state index in [0.717, 1.165) is 49.3 Å². The number of carbonyl (C=O) groups is 1. The van der Waals surface area contributed by atoms with E-state index in [2.05, 4.69) is 32.4 Å². The highest BCUT2D eigenvalue weighted by molar-refractivity contribution is 6.32. The molecule has 0 bridgehead atoms. The highest BCUT2D eigenvalue weighted by atomic mass is 35.5. The lowest BCUT2D eigenvalue weighted by Gasteiger charge is -2.32. The van der Waals surface area contributed by atoms with Crippen molar-refractivity contribution in [2.75, 3.05) is 43.4 Å². The number of nitro groups is 1. The lowest BCUT2D eigenvalue weighted by Crippen LogP contribution is -2.44. The van der Waals surface area contributed by atoms with Gasteiger partial charge in [0.2, 0.25) is 0 Å². The average molecular weight is 453 g/mol. The third-order valence-electron chi connectivity index (χ3n) is 5.32. The van der Waals surface area contributed by atoms with E-state index < -0.39 is 10.8 Å². The zero-order valence-corrected chi connectivity index (χ0v) is 18.1. The van der Waals surface area contributed by atoms with E-state index in [0.29, 0.717) is 5.69 Å². The lowest BCUT2D eigenvalue weighted by molar-refractivity contribution is -0.384. The van der Waals surface area contributed by atoms with E-state index in [9.17, 15) is 14.9 Å². The monoisotopic (exact) mass is 452 g/mol. The molecule has 4 rings (SSSR count). The van der Waals surface area contributed by atoms with Crippen LogP contribution in [0.25, 0.3) is 11.3 Å². The minimum Gasteiger partial charge on any atom is -0.353 e. The van der Waals surface area contributed by atoms with Crippen molar-refractivity contribution in [1.29, 1.82) is 0 Å². The molecule has 1 aliphatic heterocycles. The molecule has 0 atom stereocenters. The van der Waals surface area contributed by atoms with Crippen molar-refractivity contribution in [2.45, 2.75) is 0 Å². The molecule has 0 spiro atoms. The van der Waals surface area contributed by atoms with Crippen LogP contribution in [-0.4, -0.2) is 59.2 Å². The molecule has 1 aromatic heterocycles. The van der Waals surface area contributed by atoms with Crippen molar-refractivity contribution in [2.24, 2.45) is 0 Å². The quantitative estimate of drug-likeness (QED) is 0.464. The van der Waals surface area contributed by atoms with Crippen LogP contribution in [0.1, 0.15) is 10.4 Å². The summed E-state index contributed by atoms with van der Waals surface area (Å²) in [6.45, 7) is 3.85. The number of amides is 1. The molecule has 0 radical (unpaired) electrons. The van der Waals surface area contributed by atoms with Crippen molar-refractivity contribution in [3.63, 3.8) is 0 Å². The molecule has 2 heterocycles. The Labute approximate surface area is 189 Å². The molecule has 1 amide bonds. The van der Waals surface area contributed by atoms with Gasteiger partial charge in [-0.05, 0) is 43.4 Å². The first-order valence-corrected chi connectivity index (χ1v) is 10.4. The van der Waals surface area contributed by atoms with Gasteiger partial charge in [-0.2, -0.15) is 0 Å². The van der Waals surface area contributed by atoms with Crippen LogP contribution in [0.4, 0.5) is 17.2 Å². The molecule has 1 fully saturated rings. The Morgan fingerprint density at radius 3 is 2.38 bits per heavy atom. The molecular formula is C22H21ClN6O3. The van der Waals surface area contributed by atoms with Crippen molar-refractivity contribution in [3.8, 4) is 11.3 Å². The summed E-state index contributed by atoms with van der Waals surface area (Å²) >= 11 is 5.80. The van der Waals surface area contributed by atoms with Gasteiger partial charge in [0.1, 0.15) is 5.02 Å². The fourth-order valence-electron chi connectivity index (χ4n) is 3.40. The van der Waals surface area contributed by atoms with Crippen molar-refractivity contribution < 1.29 is 9.72 Å². The average Bonchev–Trinajstić information content (AvgIpc) is 2.80. The Morgan fingerprint density at radius 1 is 1.03 bits per heavy atom. The van der Waals surface area contributed by atoms with Gasteiger partial charge in [-0.15, -0.1) is 10.2 Å². The van der Waals surface area contributed by atoms with Crippen molar-refractivity contribution >= 4 is 34.7 Å². The molecule has 164 valence electrons. The van der Waals surface area contributed by atoms with E-state index in [4.69, 9.17) is 11.6 Å². The SMILES string of the molecule is CN1CCN(c2ccc(-c3ccc(NC(=O)c4ccc(Cl)c([N+](=O)[O-])c4)cc3)nn2)CC1. The number of hydrogen-bond acceptors (Lipinski definition) is 7. The van der Waals surface area contributed by atoms with E-state index in [-0.39, 0.29) is 16.3 Å². The van der Waals surface area contributed by atoms with Crippen LogP contribution in [0.15, 0.2) is 54.6 Å². The summed E-state index contributed by atoms with van der Waals surface area (Å²) in [5.74, 6) is 0.400. The number of hydrogen-bond donors (Lipinski definition) is 1. The van der Waals surface area contributed by atoms with Crippen LogP contribution < -0.4 is 10.2 Å². The number of carbonyl (C=O) groups excluding carboxylic acids is 1. The fraction of sp³-hybridized carbons (Fsp3) is 0.227. The van der Waals surface area contributed by atoms with E-state index >= 15 is 0 Å². The number of benzene rings is 2. The van der Waals surface area contributed by atoms with Crippen LogP contribution in [0.2, 0.25) is 5.02 Å². The maximum atomic E-state index is 12.5. The Hall–Kier alpha value is -3.56. The number of nitrogens with one attached hydrogen (secondary N) is 1. The standard InChI is InChI=1S/C22H21ClN6O3/c1-27-10-12-28(13-11-27)21-9-8-19(25-26-21)15-2-5-17(6-3-15)24-22(30)16-4-7-18(23)20(14-16)29(31)32/h2-9,14H,10-13H2,1H3,(H,24,30). The smallest absolute Gasteiger partial charge is 0.288 e. The minimum atomic E-state index is -0.621. The summed E-state index contributed by atoms with van der Waals surface area (Å²) in [7, 11) is 2.11. The largest absolute Gasteiger partial charge is 0.353 e. The van der Waals surface area contributed by atoms with E-state index in [1.807, 2.05) is 24.3 Å². The molecule has 0 unspecified atom stereocenters. The summed E-state index contributed by atoms with van der Waals surface area (Å²) in [6, 6.07) is 15.0. The van der Waals surface area contributed by atoms with Crippen LogP contribution in [0, 0.1) is 10.1 Å². The number of nitrogens with zero attached hydrogens (tertiary/aromatic N) is 5. The number of likely N-dealkylation sites (N-methyl/N-ethyl adjacent to an activating group) is 1. The van der Waals surface area contributed by atoms with Gasteiger partial charge in [-0.3, -0.25) is 14.9 Å². The molecule has 1 N–H and O–H groups in total. The lowest BCUT2D eigenvalue weighted by atomic mass is 10.1. The minimum absolute atomic E-state index is 0.0179. The van der Waals surface area contributed by atoms with Crippen molar-refractivity contribution in [3.05, 3.63) is 75.3 Å². The molecule has 10 heteroatoms. The number of nitro benzene ring substituents is 1. The topological polar surface area (TPSA) is 104 Å². The van der Waals surface area contributed by atoms with Gasteiger partial charge in [-0.1, -0.05) is 23.7 Å². The zero-order valence-electron chi connectivity index (χ0n) is 17.4. The Balaban J connectivity index is 1.42. The molecule has 9 nitrogen and oxygen atoms in total. The number of halogens is 1. The van der Waals surface area contributed by atoms with Crippen LogP contribution in [-0.2, 0) is 0 Å². The second-order valence-corrected chi connectivity index (χ2v) is 7.93. The summed E-state index contributed by atoms with van der Waals surface area (Å²) in [5.41, 5.74) is 1.99. The predicted octanol–water partition coefficient (Wildman–Crippen LogP) is 3.71. The first-order chi connectivity index (χ1) is 15.4. The van der Waals surface area contributed by atoms with E-state index in [1.165, 1.54) is 12.1 Å². The van der Waals surface area contributed by atoms with Gasteiger partial charge in [0.25, 0.3) is 11.6 Å². The van der Waals surface area contributed by atoms with Gasteiger partial charge in [0.05, 0.1) is 10.6 Å². The summed E-state index contributed by atoms with van der Waals surface area (Å²) < 4.78 is 0. The third-order valence-corrected chi connectivity index (χ3v) is 5.64. The summed E-state index contributed by atoms with van der Waals surface area (Å²) in [4.78, 5) is 27.4. The molecule has 2 aromatic carbocycles. The van der Waals surface area contributed by atoms with Gasteiger partial charge in [0.15, 0.2) is 5.82 Å². The van der Waals surface area contributed by atoms with Crippen LogP contribution >= 0.6 is 11.6 Å². The second-order valence-electron chi connectivity index (χ2n) is 7.52. The number of rotatable bonds is 5. The van der Waals surface area contributed by atoms with Gasteiger partial charge in [-0.25, -0.2) is 0 Å². The van der Waals surface area contributed by atoms with Crippen molar-refractivity contribution in [1.82, 2.24) is 15.1 Å². The predicted molar refractivity (Wildman–Crippen MR) is 123 cm³/mol. The maximum Gasteiger partial charge on any atom is 0.288 e. The third kappa shape index (κ3) is 4.84. The van der Waals surface area contributed by atoms with E-state index in [1.54, 1.807) is 12.1 Å². The molecule has 1 aliphatic rings. The fourth-order valence-corrected chi connectivity index (χ4v) is 3.59. The Bertz CT molecular complexity index is 1130. The molecule has 0 saturated carbocycles. The summed E-state index contributed by atoms with van der Waals surface area (Å²) in [5, 5.41) is 22.4. The second kappa shape index (κ2) is 9.29. The zero-order chi connectivity index (χ0) is 22.7. The van der Waals surface area contributed by atoms with Crippen LogP contribution in [0.3, 0.4) is 0 Å². The first-order valence-electron chi connectivity index (χ1n) is 10.0. The summed E-state index contributed by atoms with van der Waals surface area (Å²) in [6.07, 6.45) is 0. The number of anilines is 2. The number of piperazine rings is 1. The van der Waals surface area contributed by atoms with Crippen LogP contribution in [0.5, 0.6) is 0 Å². The Kier molecular flexibility index (Phi) is 6.29. The maximum absolute atomic E-state index is 12.5. The highest BCUT2D eigenvalue weighted by Crippen LogP contribution is 2.26. The normalized spacial score (nSPS) is 14.2. The van der Waals surface area contributed by atoms with Gasteiger partial charge in [0, 0.05) is 49.1 Å². The highest BCUT2D eigenvalue weighted by Gasteiger charge is 2.17. The molecule has 32 heavy (non-hydrogen) atoms. The molecule has 3 aromatic rings. The molecule has 0 aliphatic carbocycles. The van der Waals surface area contributed by atoms with Gasteiger partial charge >= 0.3 is 0 Å². The van der Waals surface area contributed by atoms with Gasteiger partial charge < -0.3 is 15.1 Å². The first kappa shape index (κ1) is 21.7. The molecule has 1 saturated heterocycles. The number of aromatic nitrogens is 2. The Morgan fingerprint density at radius 2 is 1.75 bits per heavy atom. The molecular weight excluding hydrogens is 432 g/mol.